The highest BCUT2D eigenvalue weighted by Crippen LogP contribution is 2.11. The van der Waals surface area contributed by atoms with Gasteiger partial charge >= 0.3 is 0 Å². The van der Waals surface area contributed by atoms with Gasteiger partial charge in [-0.15, -0.1) is 0 Å². The number of pyridine rings is 1. The van der Waals surface area contributed by atoms with Gasteiger partial charge in [-0.3, -0.25) is 9.97 Å². The second-order valence-electron chi connectivity index (χ2n) is 3.57. The fourth-order valence-electron chi connectivity index (χ4n) is 1.41. The van der Waals surface area contributed by atoms with E-state index in [0.717, 1.165) is 11.5 Å². The highest BCUT2D eigenvalue weighted by Gasteiger charge is 2.04. The first-order chi connectivity index (χ1) is 8.29. The normalized spacial score (nSPS) is 9.65. The standard InChI is InChI=1S/C12H11N5/c1-17(9-11-8-14-4-5-15-11)12-3-2-10(6-13)7-16-12/h2-5,7-8H,9H2,1H3. The van der Waals surface area contributed by atoms with E-state index in [2.05, 4.69) is 15.0 Å². The number of aromatic nitrogens is 3. The van der Waals surface area contributed by atoms with Crippen molar-refractivity contribution in [2.24, 2.45) is 0 Å². The molecule has 0 spiro atoms. The summed E-state index contributed by atoms with van der Waals surface area (Å²) in [5, 5.41) is 8.68. The van der Waals surface area contributed by atoms with Crippen molar-refractivity contribution in [1.82, 2.24) is 15.0 Å². The molecule has 0 saturated carbocycles. The van der Waals surface area contributed by atoms with Gasteiger partial charge in [0.15, 0.2) is 0 Å². The van der Waals surface area contributed by atoms with Gasteiger partial charge in [-0.05, 0) is 12.1 Å². The first kappa shape index (κ1) is 11.0. The van der Waals surface area contributed by atoms with E-state index in [1.54, 1.807) is 30.9 Å². The van der Waals surface area contributed by atoms with Crippen molar-refractivity contribution in [2.45, 2.75) is 6.54 Å². The van der Waals surface area contributed by atoms with Crippen molar-refractivity contribution < 1.29 is 0 Å². The summed E-state index contributed by atoms with van der Waals surface area (Å²) < 4.78 is 0. The van der Waals surface area contributed by atoms with Crippen LogP contribution in [0.25, 0.3) is 0 Å². The van der Waals surface area contributed by atoms with Crippen LogP contribution in [0.5, 0.6) is 0 Å². The van der Waals surface area contributed by atoms with Gasteiger partial charge in [-0.2, -0.15) is 5.26 Å². The molecule has 0 N–H and O–H groups in total. The van der Waals surface area contributed by atoms with E-state index in [9.17, 15) is 0 Å². The van der Waals surface area contributed by atoms with Gasteiger partial charge in [0.1, 0.15) is 11.9 Å². The third kappa shape index (κ3) is 2.75. The molecule has 0 aromatic carbocycles. The van der Waals surface area contributed by atoms with E-state index in [4.69, 9.17) is 5.26 Å². The van der Waals surface area contributed by atoms with E-state index >= 15 is 0 Å². The SMILES string of the molecule is CN(Cc1cnccn1)c1ccc(C#N)cn1. The van der Waals surface area contributed by atoms with Gasteiger partial charge in [-0.1, -0.05) is 0 Å². The Kier molecular flexibility index (Phi) is 3.26. The van der Waals surface area contributed by atoms with Crippen LogP contribution in [0.3, 0.4) is 0 Å². The fraction of sp³-hybridized carbons (Fsp3) is 0.167. The Labute approximate surface area is 99.4 Å². The van der Waals surface area contributed by atoms with Crippen LogP contribution in [0, 0.1) is 11.3 Å². The van der Waals surface area contributed by atoms with Crippen molar-refractivity contribution in [3.8, 4) is 6.07 Å². The molecular weight excluding hydrogens is 214 g/mol. The average molecular weight is 225 g/mol. The highest BCUT2D eigenvalue weighted by atomic mass is 15.2. The lowest BCUT2D eigenvalue weighted by atomic mass is 10.3. The maximum absolute atomic E-state index is 8.68. The summed E-state index contributed by atoms with van der Waals surface area (Å²) in [4.78, 5) is 14.4. The van der Waals surface area contributed by atoms with Crippen molar-refractivity contribution in [3.63, 3.8) is 0 Å². The van der Waals surface area contributed by atoms with Crippen molar-refractivity contribution in [2.75, 3.05) is 11.9 Å². The van der Waals surface area contributed by atoms with E-state index in [0.29, 0.717) is 12.1 Å². The largest absolute Gasteiger partial charge is 0.354 e. The molecule has 0 aliphatic heterocycles. The Hall–Kier alpha value is -2.48. The summed E-state index contributed by atoms with van der Waals surface area (Å²) in [6, 6.07) is 5.60. The Morgan fingerprint density at radius 1 is 1.24 bits per heavy atom. The summed E-state index contributed by atoms with van der Waals surface area (Å²) in [6.45, 7) is 0.632. The van der Waals surface area contributed by atoms with Crippen LogP contribution in [-0.2, 0) is 6.54 Å². The summed E-state index contributed by atoms with van der Waals surface area (Å²) >= 11 is 0. The molecule has 5 nitrogen and oxygen atoms in total. The smallest absolute Gasteiger partial charge is 0.128 e. The fourth-order valence-corrected chi connectivity index (χ4v) is 1.41. The lowest BCUT2D eigenvalue weighted by Gasteiger charge is -2.17. The summed E-state index contributed by atoms with van der Waals surface area (Å²) in [7, 11) is 1.92. The lowest BCUT2D eigenvalue weighted by molar-refractivity contribution is 0.856. The minimum atomic E-state index is 0.557. The Morgan fingerprint density at radius 2 is 2.12 bits per heavy atom. The van der Waals surface area contributed by atoms with Crippen molar-refractivity contribution in [3.05, 3.63) is 48.2 Å². The number of rotatable bonds is 3. The van der Waals surface area contributed by atoms with Crippen LogP contribution in [0.1, 0.15) is 11.3 Å². The van der Waals surface area contributed by atoms with E-state index < -0.39 is 0 Å². The molecule has 2 heterocycles. The molecule has 0 fully saturated rings. The molecule has 5 heteroatoms. The first-order valence-corrected chi connectivity index (χ1v) is 5.12. The lowest BCUT2D eigenvalue weighted by Crippen LogP contribution is -2.18. The Balaban J connectivity index is 2.10. The Morgan fingerprint density at radius 3 is 2.71 bits per heavy atom. The van der Waals surface area contributed by atoms with Gasteiger partial charge in [0.2, 0.25) is 0 Å². The van der Waals surface area contributed by atoms with Crippen LogP contribution < -0.4 is 4.90 Å². The van der Waals surface area contributed by atoms with Crippen molar-refractivity contribution in [1.29, 1.82) is 5.26 Å². The molecule has 2 aromatic heterocycles. The molecule has 0 atom stereocenters. The summed E-state index contributed by atoms with van der Waals surface area (Å²) in [5.74, 6) is 0.801. The third-order valence-corrected chi connectivity index (χ3v) is 2.28. The average Bonchev–Trinajstić information content (AvgIpc) is 2.40. The molecule has 0 saturated heterocycles. The quantitative estimate of drug-likeness (QED) is 0.789. The van der Waals surface area contributed by atoms with Gasteiger partial charge in [0.25, 0.3) is 0 Å². The molecule has 2 aromatic rings. The highest BCUT2D eigenvalue weighted by molar-refractivity contribution is 5.41. The summed E-state index contributed by atoms with van der Waals surface area (Å²) in [6.07, 6.45) is 6.58. The molecule has 0 aliphatic carbocycles. The van der Waals surface area contributed by atoms with Crippen LogP contribution in [0.4, 0.5) is 5.82 Å². The molecule has 0 radical (unpaired) electrons. The number of nitriles is 1. The number of nitrogens with zero attached hydrogens (tertiary/aromatic N) is 5. The minimum absolute atomic E-state index is 0.557. The van der Waals surface area contributed by atoms with Gasteiger partial charge in [0.05, 0.1) is 24.0 Å². The zero-order valence-corrected chi connectivity index (χ0v) is 9.41. The van der Waals surface area contributed by atoms with Gasteiger partial charge in [-0.25, -0.2) is 4.98 Å². The van der Waals surface area contributed by atoms with E-state index in [-0.39, 0.29) is 0 Å². The molecule has 17 heavy (non-hydrogen) atoms. The zero-order chi connectivity index (χ0) is 12.1. The van der Waals surface area contributed by atoms with Gasteiger partial charge in [0, 0.05) is 25.6 Å². The minimum Gasteiger partial charge on any atom is -0.354 e. The van der Waals surface area contributed by atoms with E-state index in [1.807, 2.05) is 24.1 Å². The maximum Gasteiger partial charge on any atom is 0.128 e. The maximum atomic E-state index is 8.68. The molecule has 2 rings (SSSR count). The molecule has 0 bridgehead atoms. The first-order valence-electron chi connectivity index (χ1n) is 5.12. The molecule has 0 unspecified atom stereocenters. The number of hydrogen-bond acceptors (Lipinski definition) is 5. The van der Waals surface area contributed by atoms with Crippen LogP contribution in [0.15, 0.2) is 36.9 Å². The van der Waals surface area contributed by atoms with Crippen LogP contribution in [-0.4, -0.2) is 22.0 Å². The molecular formula is C12H11N5. The predicted octanol–water partition coefficient (Wildman–Crippen LogP) is 1.38. The zero-order valence-electron chi connectivity index (χ0n) is 9.41. The van der Waals surface area contributed by atoms with Gasteiger partial charge < -0.3 is 4.90 Å². The topological polar surface area (TPSA) is 65.7 Å². The van der Waals surface area contributed by atoms with Crippen molar-refractivity contribution >= 4 is 5.82 Å². The second kappa shape index (κ2) is 5.03. The molecule has 84 valence electrons. The van der Waals surface area contributed by atoms with Crippen LogP contribution in [0.2, 0.25) is 0 Å². The predicted molar refractivity (Wildman–Crippen MR) is 63.1 cm³/mol. The van der Waals surface area contributed by atoms with Crippen LogP contribution >= 0.6 is 0 Å². The summed E-state index contributed by atoms with van der Waals surface area (Å²) in [5.41, 5.74) is 1.43. The monoisotopic (exact) mass is 225 g/mol. The Bertz CT molecular complexity index is 515. The molecule has 0 amide bonds. The number of anilines is 1. The number of hydrogen-bond donors (Lipinski definition) is 0. The third-order valence-electron chi connectivity index (χ3n) is 2.28. The molecule has 0 aliphatic rings. The second-order valence-corrected chi connectivity index (χ2v) is 3.57. The van der Waals surface area contributed by atoms with E-state index in [1.165, 1.54) is 0 Å².